The van der Waals surface area contributed by atoms with Gasteiger partial charge in [0.15, 0.2) is 0 Å². The number of hydrogen-bond acceptors (Lipinski definition) is 4. The van der Waals surface area contributed by atoms with Crippen LogP contribution in [0.1, 0.15) is 43.7 Å². The molecule has 2 fully saturated rings. The maximum absolute atomic E-state index is 11.1. The molecule has 2 aliphatic rings. The van der Waals surface area contributed by atoms with E-state index in [4.69, 9.17) is 5.11 Å². The second-order valence-electron chi connectivity index (χ2n) is 5.92. The molecule has 1 heterocycles. The topological polar surface area (TPSA) is 92.5 Å². The molecular weight excluding hydrogens is 284 g/mol. The molecule has 2 N–H and O–H groups in total. The molecule has 1 aliphatic heterocycles. The zero-order chi connectivity index (χ0) is 16.3. The van der Waals surface area contributed by atoms with Gasteiger partial charge in [0.25, 0.3) is 5.69 Å². The number of carboxylic acids is 1. The molecule has 0 unspecified atom stereocenters. The fourth-order valence-corrected chi connectivity index (χ4v) is 3.31. The third-order valence-corrected chi connectivity index (χ3v) is 4.48. The minimum absolute atomic E-state index is 0.0717. The van der Waals surface area contributed by atoms with E-state index in [2.05, 4.69) is 5.32 Å². The van der Waals surface area contributed by atoms with Crippen LogP contribution in [0.3, 0.4) is 0 Å². The minimum atomic E-state index is -1.05. The zero-order valence-corrected chi connectivity index (χ0v) is 13.0. The number of carboxylic acid groups (broad SMARTS) is 1. The van der Waals surface area contributed by atoms with Crippen molar-refractivity contribution in [1.82, 2.24) is 5.32 Å². The monoisotopic (exact) mass is 306 g/mol. The van der Waals surface area contributed by atoms with E-state index in [1.807, 2.05) is 19.9 Å². The zero-order valence-electron chi connectivity index (χ0n) is 13.0. The van der Waals surface area contributed by atoms with Crippen molar-refractivity contribution in [3.63, 3.8) is 0 Å². The molecule has 1 aromatic rings. The van der Waals surface area contributed by atoms with Gasteiger partial charge in [0.2, 0.25) is 0 Å². The highest BCUT2D eigenvalue weighted by atomic mass is 16.6. The number of aliphatic carboxylic acids is 1. The van der Waals surface area contributed by atoms with Gasteiger partial charge in [0.1, 0.15) is 0 Å². The second kappa shape index (κ2) is 6.44. The summed E-state index contributed by atoms with van der Waals surface area (Å²) in [6.07, 6.45) is 1.82. The fraction of sp³-hybridized carbons (Fsp3) is 0.562. The molecule has 1 saturated heterocycles. The van der Waals surface area contributed by atoms with Crippen molar-refractivity contribution in [2.45, 2.75) is 39.0 Å². The Balaban J connectivity index is 0.000000847. The Kier molecular flexibility index (Phi) is 4.81. The number of benzene rings is 1. The van der Waals surface area contributed by atoms with Gasteiger partial charge in [-0.25, -0.2) is 0 Å². The third kappa shape index (κ3) is 3.11. The summed E-state index contributed by atoms with van der Waals surface area (Å²) in [4.78, 5) is 21.3. The van der Waals surface area contributed by atoms with Gasteiger partial charge < -0.3 is 10.4 Å². The van der Waals surface area contributed by atoms with Gasteiger partial charge in [-0.1, -0.05) is 26.0 Å². The van der Waals surface area contributed by atoms with Gasteiger partial charge in [-0.2, -0.15) is 0 Å². The lowest BCUT2D eigenvalue weighted by molar-refractivity contribution is -0.385. The molecular formula is C16H22N2O4. The van der Waals surface area contributed by atoms with E-state index in [9.17, 15) is 14.9 Å². The molecule has 120 valence electrons. The van der Waals surface area contributed by atoms with Crippen LogP contribution in [0.25, 0.3) is 0 Å². The van der Waals surface area contributed by atoms with E-state index in [0.29, 0.717) is 11.3 Å². The Morgan fingerprint density at radius 1 is 1.41 bits per heavy atom. The van der Waals surface area contributed by atoms with E-state index >= 15 is 0 Å². The molecule has 0 amide bonds. The van der Waals surface area contributed by atoms with Crippen molar-refractivity contribution in [2.24, 2.45) is 5.41 Å². The van der Waals surface area contributed by atoms with Crippen molar-refractivity contribution in [2.75, 3.05) is 13.1 Å². The van der Waals surface area contributed by atoms with Crippen molar-refractivity contribution in [3.8, 4) is 0 Å². The van der Waals surface area contributed by atoms with Gasteiger partial charge in [-0.3, -0.25) is 14.9 Å². The van der Waals surface area contributed by atoms with Crippen LogP contribution in [-0.2, 0) is 11.2 Å². The molecule has 22 heavy (non-hydrogen) atoms. The molecule has 0 aromatic heterocycles. The highest BCUT2D eigenvalue weighted by Crippen LogP contribution is 2.53. The Hall–Kier alpha value is -1.95. The van der Waals surface area contributed by atoms with Crippen LogP contribution in [0.2, 0.25) is 0 Å². The summed E-state index contributed by atoms with van der Waals surface area (Å²) in [7, 11) is 0. The molecule has 0 atom stereocenters. The summed E-state index contributed by atoms with van der Waals surface area (Å²) in [5, 5.41) is 23.1. The van der Waals surface area contributed by atoms with Crippen LogP contribution < -0.4 is 5.32 Å². The smallest absolute Gasteiger partial charge is 0.308 e. The maximum atomic E-state index is 11.1. The first-order valence-corrected chi connectivity index (χ1v) is 7.69. The van der Waals surface area contributed by atoms with Crippen LogP contribution in [0.4, 0.5) is 5.69 Å². The summed E-state index contributed by atoms with van der Waals surface area (Å²) in [5.74, 6) is -0.682. The lowest BCUT2D eigenvalue weighted by Gasteiger charge is -2.54. The quantitative estimate of drug-likeness (QED) is 0.659. The number of nitrogens with one attached hydrogen (secondary N) is 1. The number of carbonyl (C=O) groups is 1. The summed E-state index contributed by atoms with van der Waals surface area (Å²) < 4.78 is 0. The highest BCUT2D eigenvalue weighted by Gasteiger charge is 2.48. The highest BCUT2D eigenvalue weighted by molar-refractivity contribution is 5.72. The standard InChI is InChI=1S/C14H16N2O4.C2H6/c17-13(18)4-10-2-1-9(3-12(10)16(19)20)11-5-14(6-11)7-15-8-14;1-2/h1-3,11,15H,4-8H2,(H,17,18);1-2H3. The molecule has 1 saturated carbocycles. The van der Waals surface area contributed by atoms with Crippen LogP contribution in [0.5, 0.6) is 0 Å². The van der Waals surface area contributed by atoms with Crippen LogP contribution in [-0.4, -0.2) is 29.1 Å². The first-order valence-electron chi connectivity index (χ1n) is 7.69. The summed E-state index contributed by atoms with van der Waals surface area (Å²) >= 11 is 0. The second-order valence-corrected chi connectivity index (χ2v) is 5.92. The van der Waals surface area contributed by atoms with Gasteiger partial charge in [0.05, 0.1) is 11.3 Å². The van der Waals surface area contributed by atoms with Crippen molar-refractivity contribution in [1.29, 1.82) is 0 Å². The summed E-state index contributed by atoms with van der Waals surface area (Å²) in [5.41, 5.74) is 1.57. The fourth-order valence-electron chi connectivity index (χ4n) is 3.31. The van der Waals surface area contributed by atoms with Gasteiger partial charge in [-0.05, 0) is 29.7 Å². The normalized spacial score (nSPS) is 18.6. The van der Waals surface area contributed by atoms with E-state index in [0.717, 1.165) is 31.5 Å². The van der Waals surface area contributed by atoms with Crippen molar-refractivity contribution >= 4 is 11.7 Å². The summed E-state index contributed by atoms with van der Waals surface area (Å²) in [6, 6.07) is 4.99. The molecule has 6 nitrogen and oxygen atoms in total. The Morgan fingerprint density at radius 2 is 2.05 bits per heavy atom. The molecule has 6 heteroatoms. The minimum Gasteiger partial charge on any atom is -0.481 e. The van der Waals surface area contributed by atoms with Crippen LogP contribution in [0.15, 0.2) is 18.2 Å². The van der Waals surface area contributed by atoms with E-state index in [1.165, 1.54) is 0 Å². The third-order valence-electron chi connectivity index (χ3n) is 4.48. The van der Waals surface area contributed by atoms with Gasteiger partial charge >= 0.3 is 5.97 Å². The first-order chi connectivity index (χ1) is 10.5. The van der Waals surface area contributed by atoms with Crippen LogP contribution in [0, 0.1) is 15.5 Å². The average molecular weight is 306 g/mol. The number of nitrogens with zero attached hydrogens (tertiary/aromatic N) is 1. The van der Waals surface area contributed by atoms with Crippen molar-refractivity contribution < 1.29 is 14.8 Å². The average Bonchev–Trinajstić information content (AvgIpc) is 2.38. The summed E-state index contributed by atoms with van der Waals surface area (Å²) in [6.45, 7) is 6.09. The Morgan fingerprint density at radius 3 is 2.50 bits per heavy atom. The predicted octanol–water partition coefficient (Wildman–Crippen LogP) is 2.72. The number of nitro benzene ring substituents is 1. The predicted molar refractivity (Wildman–Crippen MR) is 83.1 cm³/mol. The molecule has 0 bridgehead atoms. The van der Waals surface area contributed by atoms with Crippen molar-refractivity contribution in [3.05, 3.63) is 39.4 Å². The Bertz CT molecular complexity index is 574. The lowest BCUT2D eigenvalue weighted by Crippen LogP contribution is -2.59. The molecule has 0 radical (unpaired) electrons. The number of hydrogen-bond donors (Lipinski definition) is 2. The molecule has 1 aromatic carbocycles. The van der Waals surface area contributed by atoms with E-state index in [-0.39, 0.29) is 17.7 Å². The first kappa shape index (κ1) is 16.4. The number of rotatable bonds is 4. The molecule has 3 rings (SSSR count). The van der Waals surface area contributed by atoms with E-state index in [1.54, 1.807) is 12.1 Å². The maximum Gasteiger partial charge on any atom is 0.308 e. The SMILES string of the molecule is CC.O=C(O)Cc1ccc(C2CC3(CNC3)C2)cc1[N+](=O)[O-]. The number of nitro groups is 1. The van der Waals surface area contributed by atoms with Gasteiger partial charge in [0, 0.05) is 24.7 Å². The van der Waals surface area contributed by atoms with Gasteiger partial charge in [-0.15, -0.1) is 0 Å². The largest absolute Gasteiger partial charge is 0.481 e. The van der Waals surface area contributed by atoms with E-state index < -0.39 is 10.9 Å². The molecule has 1 aliphatic carbocycles. The lowest BCUT2D eigenvalue weighted by atomic mass is 9.57. The molecule has 1 spiro atoms. The van der Waals surface area contributed by atoms with Crippen LogP contribution >= 0.6 is 0 Å². The Labute approximate surface area is 129 Å².